The topological polar surface area (TPSA) is 47.6 Å². The molecule has 0 bridgehead atoms. The fraction of sp³-hybridized carbons (Fsp3) is 0.0769. The molecule has 0 aromatic heterocycles. The Hall–Kier alpha value is -7.00. The maximum atomic E-state index is 10.0. The molecule has 0 fully saturated rings. The van der Waals surface area contributed by atoms with E-state index in [2.05, 4.69) is 200 Å². The first-order valence-electron chi connectivity index (χ1n) is 18.4. The van der Waals surface area contributed by atoms with Crippen LogP contribution in [0.1, 0.15) is 50.1 Å². The van der Waals surface area contributed by atoms with Crippen LogP contribution in [-0.2, 0) is 17.3 Å². The van der Waals surface area contributed by atoms with Crippen LogP contribution < -0.4 is 0 Å². The predicted octanol–water partition coefficient (Wildman–Crippen LogP) is 11.6. The molecule has 256 valence electrons. The lowest BCUT2D eigenvalue weighted by molar-refractivity contribution is 0.340. The number of benzene rings is 7. The molecule has 8 rings (SSSR count). The Morgan fingerprint density at radius 3 is 1.26 bits per heavy atom. The van der Waals surface area contributed by atoms with Crippen molar-refractivity contribution in [2.45, 2.75) is 17.3 Å². The zero-order valence-corrected chi connectivity index (χ0v) is 29.9. The number of nitriles is 2. The summed E-state index contributed by atoms with van der Waals surface area (Å²) in [7, 11) is 0. The van der Waals surface area contributed by atoms with Gasteiger partial charge in [0.15, 0.2) is 0 Å². The van der Waals surface area contributed by atoms with Gasteiger partial charge in [-0.2, -0.15) is 10.5 Å². The van der Waals surface area contributed by atoms with Crippen LogP contribution in [0.5, 0.6) is 0 Å². The minimum absolute atomic E-state index is 0.200. The average Bonchev–Trinajstić information content (AvgIpc) is 3.54. The van der Waals surface area contributed by atoms with E-state index < -0.39 is 10.8 Å². The van der Waals surface area contributed by atoms with E-state index in [-0.39, 0.29) is 5.92 Å². The summed E-state index contributed by atoms with van der Waals surface area (Å²) in [5, 5.41) is 20.0. The van der Waals surface area contributed by atoms with Crippen LogP contribution in [0.15, 0.2) is 218 Å². The number of rotatable bonds is 9. The van der Waals surface area contributed by atoms with E-state index in [1.54, 1.807) is 0 Å². The van der Waals surface area contributed by atoms with Crippen molar-refractivity contribution >= 4 is 5.57 Å². The number of hydrogen-bond acceptors (Lipinski definition) is 2. The summed E-state index contributed by atoms with van der Waals surface area (Å²) >= 11 is 0. The summed E-state index contributed by atoms with van der Waals surface area (Å²) in [4.78, 5) is 0. The van der Waals surface area contributed by atoms with Crippen LogP contribution in [0.25, 0.3) is 5.57 Å². The van der Waals surface area contributed by atoms with Gasteiger partial charge in [-0.15, -0.1) is 0 Å². The van der Waals surface area contributed by atoms with Crippen molar-refractivity contribution < 1.29 is 0 Å². The third-order valence-corrected chi connectivity index (χ3v) is 11.0. The summed E-state index contributed by atoms with van der Waals surface area (Å²) in [5.41, 5.74) is 10.1. The van der Waals surface area contributed by atoms with Crippen LogP contribution in [0.3, 0.4) is 0 Å². The molecule has 1 aliphatic carbocycles. The molecular formula is C52H38N2. The molecule has 2 heteroatoms. The van der Waals surface area contributed by atoms with Gasteiger partial charge in [0, 0.05) is 11.3 Å². The van der Waals surface area contributed by atoms with Crippen molar-refractivity contribution in [2.24, 2.45) is 5.92 Å². The number of allylic oxidation sites excluding steroid dienone is 3. The van der Waals surface area contributed by atoms with Crippen LogP contribution >= 0.6 is 0 Å². The van der Waals surface area contributed by atoms with Crippen LogP contribution in [0.4, 0.5) is 0 Å². The first-order chi connectivity index (χ1) is 26.7. The fourth-order valence-electron chi connectivity index (χ4n) is 8.78. The molecule has 1 atom stereocenters. The summed E-state index contributed by atoms with van der Waals surface area (Å²) < 4.78 is 0. The van der Waals surface area contributed by atoms with Gasteiger partial charge in [0.25, 0.3) is 0 Å². The van der Waals surface area contributed by atoms with E-state index in [0.29, 0.717) is 11.1 Å². The molecule has 7 aromatic carbocycles. The Morgan fingerprint density at radius 2 is 0.852 bits per heavy atom. The number of nitrogens with zero attached hydrogens (tertiary/aromatic N) is 2. The maximum absolute atomic E-state index is 10.0. The maximum Gasteiger partial charge on any atom is 0.0991 e. The summed E-state index contributed by atoms with van der Waals surface area (Å²) in [6.07, 6.45) is 5.79. The van der Waals surface area contributed by atoms with Crippen molar-refractivity contribution in [3.8, 4) is 12.1 Å². The van der Waals surface area contributed by atoms with E-state index >= 15 is 0 Å². The molecule has 0 saturated carbocycles. The molecule has 1 aliphatic rings. The smallest absolute Gasteiger partial charge is 0.0991 e. The van der Waals surface area contributed by atoms with Crippen LogP contribution in [0, 0.1) is 28.6 Å². The Labute approximate surface area is 318 Å². The van der Waals surface area contributed by atoms with Crippen molar-refractivity contribution in [1.29, 1.82) is 10.5 Å². The standard InChI is InChI=1S/C52H38N2/c53-37-40-26-30-47(31-27-40)52(48-32-28-41(38-54)29-33-48)50(35-49(42-18-8-2-9-19-42)43-20-10-3-11-21-43)44(34-39-16-6-1-7-17-39)36-51(52,45-22-12-4-13-23-45)46-24-14-5-15-25-46/h1-33,35-36,50H,34H2. The number of hydrogen-bond donors (Lipinski definition) is 0. The van der Waals surface area contributed by atoms with E-state index in [4.69, 9.17) is 0 Å². The van der Waals surface area contributed by atoms with E-state index in [1.807, 2.05) is 24.3 Å². The summed E-state index contributed by atoms with van der Waals surface area (Å²) in [6, 6.07) is 74.9. The van der Waals surface area contributed by atoms with E-state index in [0.717, 1.165) is 45.4 Å². The van der Waals surface area contributed by atoms with E-state index in [9.17, 15) is 10.5 Å². The fourth-order valence-corrected chi connectivity index (χ4v) is 8.78. The third kappa shape index (κ3) is 5.95. The first kappa shape index (κ1) is 34.1. The third-order valence-electron chi connectivity index (χ3n) is 11.0. The van der Waals surface area contributed by atoms with Crippen LogP contribution in [-0.4, -0.2) is 0 Å². The molecule has 0 amide bonds. The highest BCUT2D eigenvalue weighted by atomic mass is 14.6. The second-order valence-electron chi connectivity index (χ2n) is 13.9. The minimum atomic E-state index is -0.795. The highest BCUT2D eigenvalue weighted by Crippen LogP contribution is 2.65. The molecule has 0 aliphatic heterocycles. The molecule has 0 radical (unpaired) electrons. The predicted molar refractivity (Wildman–Crippen MR) is 218 cm³/mol. The molecule has 2 nitrogen and oxygen atoms in total. The lowest BCUT2D eigenvalue weighted by atomic mass is 9.50. The normalized spacial score (nSPS) is 15.3. The van der Waals surface area contributed by atoms with Crippen molar-refractivity contribution in [2.75, 3.05) is 0 Å². The van der Waals surface area contributed by atoms with Crippen molar-refractivity contribution in [3.63, 3.8) is 0 Å². The zero-order valence-electron chi connectivity index (χ0n) is 29.9. The van der Waals surface area contributed by atoms with Gasteiger partial charge < -0.3 is 0 Å². The molecule has 1 unspecified atom stereocenters. The Balaban J connectivity index is 1.58. The van der Waals surface area contributed by atoms with Gasteiger partial charge in [-0.25, -0.2) is 0 Å². The second kappa shape index (κ2) is 14.9. The molecule has 0 spiro atoms. The van der Waals surface area contributed by atoms with Crippen molar-refractivity contribution in [3.05, 3.63) is 268 Å². The molecular weight excluding hydrogens is 653 g/mol. The Morgan fingerprint density at radius 1 is 0.463 bits per heavy atom. The lowest BCUT2D eigenvalue weighted by Crippen LogP contribution is -2.51. The first-order valence-corrected chi connectivity index (χ1v) is 18.4. The van der Waals surface area contributed by atoms with Gasteiger partial charge in [0.05, 0.1) is 28.7 Å². The van der Waals surface area contributed by atoms with Gasteiger partial charge in [-0.1, -0.05) is 194 Å². The van der Waals surface area contributed by atoms with Gasteiger partial charge in [-0.3, -0.25) is 0 Å². The van der Waals surface area contributed by atoms with Gasteiger partial charge >= 0.3 is 0 Å². The Kier molecular flexibility index (Phi) is 9.43. The lowest BCUT2D eigenvalue weighted by Gasteiger charge is -2.51. The summed E-state index contributed by atoms with van der Waals surface area (Å²) in [5.74, 6) is -0.200. The molecule has 0 saturated heterocycles. The van der Waals surface area contributed by atoms with Crippen molar-refractivity contribution in [1.82, 2.24) is 0 Å². The van der Waals surface area contributed by atoms with Gasteiger partial charge in [0.1, 0.15) is 0 Å². The quantitative estimate of drug-likeness (QED) is 0.142. The molecule has 0 heterocycles. The Bertz CT molecular complexity index is 2350. The second-order valence-corrected chi connectivity index (χ2v) is 13.9. The SMILES string of the molecule is N#Cc1ccc(C2(c3ccc(C#N)cc3)C(C=C(c3ccccc3)c3ccccc3)C(Cc3ccccc3)=CC2(c2ccccc2)c2ccccc2)cc1. The minimum Gasteiger partial charge on any atom is -0.192 e. The monoisotopic (exact) mass is 690 g/mol. The molecule has 54 heavy (non-hydrogen) atoms. The van der Waals surface area contributed by atoms with Gasteiger partial charge in [-0.05, 0) is 75.2 Å². The van der Waals surface area contributed by atoms with Gasteiger partial charge in [0.2, 0.25) is 0 Å². The molecule has 0 N–H and O–H groups in total. The van der Waals surface area contributed by atoms with E-state index in [1.165, 1.54) is 11.1 Å². The molecule has 7 aromatic rings. The largest absolute Gasteiger partial charge is 0.192 e. The van der Waals surface area contributed by atoms with Crippen LogP contribution in [0.2, 0.25) is 0 Å². The highest BCUT2D eigenvalue weighted by molar-refractivity contribution is 5.81. The summed E-state index contributed by atoms with van der Waals surface area (Å²) in [6.45, 7) is 0. The average molecular weight is 691 g/mol. The highest BCUT2D eigenvalue weighted by Gasteiger charge is 2.62. The zero-order chi connectivity index (χ0) is 36.8.